The van der Waals surface area contributed by atoms with E-state index in [1.807, 2.05) is 186 Å². The molecule has 0 aliphatic rings. The number of anilines is 2. The Morgan fingerprint density at radius 2 is 0.789 bits per heavy atom. The summed E-state index contributed by atoms with van der Waals surface area (Å²) in [6, 6.07) is 64.0. The number of ether oxygens (including phenoxy) is 4. The lowest BCUT2D eigenvalue weighted by molar-refractivity contribution is -0.141. The van der Waals surface area contributed by atoms with Crippen LogP contribution in [0.5, 0.6) is 17.2 Å². The number of carboxylic acids is 2. The summed E-state index contributed by atoms with van der Waals surface area (Å²) in [6.07, 6.45) is -2.67. The monoisotopic (exact) mass is 1490 g/mol. The van der Waals surface area contributed by atoms with E-state index >= 15 is 0 Å². The number of carbonyl (C=O) groups is 4. The maximum absolute atomic E-state index is 14.5. The number of halogens is 2. The van der Waals surface area contributed by atoms with Crippen LogP contribution in [0.15, 0.2) is 212 Å². The predicted molar refractivity (Wildman–Crippen MR) is 422 cm³/mol. The summed E-state index contributed by atoms with van der Waals surface area (Å²) in [4.78, 5) is 51.5. The van der Waals surface area contributed by atoms with Gasteiger partial charge in [0, 0.05) is 65.5 Å². The second-order valence-electron chi connectivity index (χ2n) is 27.9. The number of nitrogens with zero attached hydrogens (tertiary/aromatic N) is 2. The third-order valence-corrected chi connectivity index (χ3v) is 18.8. The Hall–Kier alpha value is -10.8. The second kappa shape index (κ2) is 40.4. The molecule has 2 heterocycles. The van der Waals surface area contributed by atoms with Crippen molar-refractivity contribution in [2.24, 2.45) is 0 Å². The molecule has 0 spiro atoms. The van der Waals surface area contributed by atoms with Crippen LogP contribution in [0.3, 0.4) is 0 Å². The van der Waals surface area contributed by atoms with E-state index in [0.29, 0.717) is 92.9 Å². The topological polar surface area (TPSA) is 264 Å². The highest BCUT2D eigenvalue weighted by atomic mass is 19.1. The number of likely N-dealkylation sites (N-methyl/N-ethyl adjacent to an activating group) is 2. The van der Waals surface area contributed by atoms with Crippen LogP contribution in [0.1, 0.15) is 135 Å². The number of amides is 2. The summed E-state index contributed by atoms with van der Waals surface area (Å²) in [5.41, 5.74) is 11.7. The van der Waals surface area contributed by atoms with E-state index < -0.39 is 55.0 Å². The normalized spacial score (nSPS) is 13.0. The fraction of sp³-hybridized carbons (Fsp3) is 0.318. The summed E-state index contributed by atoms with van der Waals surface area (Å²) in [6.45, 7) is 12.7. The second-order valence-corrected chi connectivity index (χ2v) is 27.9. The molecule has 0 fully saturated rings. The summed E-state index contributed by atoms with van der Waals surface area (Å²) >= 11 is 0. The highest BCUT2D eigenvalue weighted by Crippen LogP contribution is 2.45. The van der Waals surface area contributed by atoms with E-state index in [9.17, 15) is 48.4 Å². The molecule has 10 rings (SSSR count). The van der Waals surface area contributed by atoms with Crippen LogP contribution in [-0.4, -0.2) is 123 Å². The van der Waals surface area contributed by atoms with E-state index in [2.05, 4.69) is 39.7 Å². The van der Waals surface area contributed by atoms with Crippen LogP contribution in [0.4, 0.5) is 20.2 Å². The number of benzene rings is 8. The number of nitrogens with one attached hydrogen (secondary N) is 4. The van der Waals surface area contributed by atoms with Gasteiger partial charge in [-0.15, -0.1) is 0 Å². The molecule has 6 atom stereocenters. The third-order valence-electron chi connectivity index (χ3n) is 18.8. The molecule has 2 aromatic heterocycles. The molecule has 0 aliphatic carbocycles. The highest BCUT2D eigenvalue weighted by molar-refractivity contribution is 6.13. The first-order chi connectivity index (χ1) is 52.5. The Morgan fingerprint density at radius 3 is 1.18 bits per heavy atom. The number of aliphatic carboxylic acids is 2. The summed E-state index contributed by atoms with van der Waals surface area (Å²) in [5.74, 6) is -2.12. The molecule has 0 aliphatic heterocycles. The zero-order chi connectivity index (χ0) is 78.1. The van der Waals surface area contributed by atoms with Crippen molar-refractivity contribution in [1.29, 1.82) is 0 Å². The van der Waals surface area contributed by atoms with E-state index in [0.717, 1.165) is 46.5 Å². The Kier molecular flexibility index (Phi) is 30.5. The number of hydrogen-bond donors (Lipinski definition) is 9. The van der Waals surface area contributed by atoms with Gasteiger partial charge >= 0.3 is 11.9 Å². The third kappa shape index (κ3) is 23.6. The van der Waals surface area contributed by atoms with Gasteiger partial charge in [0.15, 0.2) is 6.79 Å². The molecule has 8 aromatic carbocycles. The molecule has 109 heavy (non-hydrogen) atoms. The number of aliphatic hydroxyl groups is 3. The van der Waals surface area contributed by atoms with Crippen LogP contribution in [0.2, 0.25) is 0 Å². The molecule has 21 heteroatoms. The zero-order valence-corrected chi connectivity index (χ0v) is 63.0. The molecule has 2 amide bonds. The van der Waals surface area contributed by atoms with Crippen molar-refractivity contribution in [2.75, 3.05) is 38.3 Å². The van der Waals surface area contributed by atoms with Crippen LogP contribution in [-0.2, 0) is 40.3 Å². The van der Waals surface area contributed by atoms with E-state index in [4.69, 9.17) is 24.1 Å². The van der Waals surface area contributed by atoms with Gasteiger partial charge in [-0.2, -0.15) is 0 Å². The molecule has 0 bridgehead atoms. The Balaban J connectivity index is 0.000000251. The lowest BCUT2D eigenvalue weighted by atomic mass is 9.94. The molecular formula is C88H100F2N6O13. The minimum absolute atomic E-state index is 0.00303. The van der Waals surface area contributed by atoms with Gasteiger partial charge in [0.05, 0.1) is 59.8 Å². The number of hydrogen-bond acceptors (Lipinski definition) is 13. The van der Waals surface area contributed by atoms with Crippen LogP contribution in [0.25, 0.3) is 44.8 Å². The number of carbonyl (C=O) groups excluding carboxylic acids is 2. The fourth-order valence-electron chi connectivity index (χ4n) is 13.4. The SMILES string of the molecule is CNC(C)Cc1ccc(OCO[C@H](CCn2c(-c3ccc(F)cc3)c(-c3ccccc3)c(C(=O)Nc3ccccc3)c2C(C)C)C[C@@H](O)CC(=O)O)cc1.CNC(C)Cc1ccc(OCOc2ccc(NC(=O)c3c(-c4ccccc4)c(-c4ccc(F)cc4)n(CC[C@@H](O)C[C@@H](O)CC(=O)O)c3C(C)C)cc2)cc1. The molecule has 19 nitrogen and oxygen atoms in total. The van der Waals surface area contributed by atoms with Gasteiger partial charge in [0.25, 0.3) is 11.8 Å². The van der Waals surface area contributed by atoms with Gasteiger partial charge in [-0.1, -0.05) is 131 Å². The quantitative estimate of drug-likeness (QED) is 0.0163. The van der Waals surface area contributed by atoms with Gasteiger partial charge in [-0.25, -0.2) is 8.78 Å². The average molecular weight is 1490 g/mol. The van der Waals surface area contributed by atoms with Gasteiger partial charge in [-0.3, -0.25) is 19.2 Å². The Morgan fingerprint density at radius 1 is 0.422 bits per heavy atom. The fourth-order valence-corrected chi connectivity index (χ4v) is 13.4. The van der Waals surface area contributed by atoms with E-state index in [1.54, 1.807) is 48.5 Å². The molecule has 0 saturated carbocycles. The molecule has 2 unspecified atom stereocenters. The molecular weight excluding hydrogens is 1390 g/mol. The predicted octanol–water partition coefficient (Wildman–Crippen LogP) is 16.4. The summed E-state index contributed by atoms with van der Waals surface area (Å²) in [5, 5.41) is 62.9. The zero-order valence-electron chi connectivity index (χ0n) is 63.0. The summed E-state index contributed by atoms with van der Waals surface area (Å²) < 4.78 is 56.4. The standard InChI is InChI=1S/C44H50FN3O7.C44H50FN3O6/c1-28(2)42-41(44(53)47-34-16-20-38(21-17-34)55-27-54-37-18-10-30(11-19-37)24-29(3)46-4)40(31-8-6-5-7-9-31)43(32-12-14-33(45)15-13-32)48(42)23-22-35(49)25-36(50)26-39(51)52;1-29(2)42-41(44(52)47-35-13-9-6-10-14-35)40(32-11-7-5-8-12-32)43(33-17-19-34(45)20-18-33)48(42)24-23-38(26-36(49)27-39(50)51)54-28-53-37-21-15-31(16-22-37)25-30(3)46-4/h5-21,28-29,35-36,46,49-50H,22-27H2,1-4H3,(H,47,53)(H,51,52);5-22,29-30,36,38,46,49H,23-28H2,1-4H3,(H,47,52)(H,50,51)/t29?,35-,36-;30?,36-,38-/m11/s1. The number of carboxylic acid groups (broad SMARTS) is 2. The van der Waals surface area contributed by atoms with E-state index in [-0.39, 0.29) is 68.9 Å². The smallest absolute Gasteiger partial charge is 0.305 e. The van der Waals surface area contributed by atoms with Gasteiger partial charge in [0.1, 0.15) is 28.9 Å². The lowest BCUT2D eigenvalue weighted by Gasteiger charge is -2.23. The number of aliphatic hydroxyl groups excluding tert-OH is 3. The van der Waals surface area contributed by atoms with E-state index in [1.165, 1.54) is 29.8 Å². The molecule has 574 valence electrons. The Bertz CT molecular complexity index is 4520. The first-order valence-electron chi connectivity index (χ1n) is 36.9. The maximum Gasteiger partial charge on any atom is 0.305 e. The number of para-hydroxylation sites is 1. The minimum Gasteiger partial charge on any atom is -0.481 e. The minimum atomic E-state index is -1.21. The van der Waals surface area contributed by atoms with Crippen molar-refractivity contribution >= 4 is 35.1 Å². The average Bonchev–Trinajstić information content (AvgIpc) is 1.60. The highest BCUT2D eigenvalue weighted by Gasteiger charge is 2.34. The number of rotatable bonds is 38. The lowest BCUT2D eigenvalue weighted by Crippen LogP contribution is -2.26. The number of aromatic nitrogens is 2. The van der Waals surface area contributed by atoms with Crippen molar-refractivity contribution in [3.8, 4) is 62.0 Å². The van der Waals surface area contributed by atoms with Crippen molar-refractivity contribution in [2.45, 2.75) is 154 Å². The molecule has 9 N–H and O–H groups in total. The van der Waals surface area contributed by atoms with Gasteiger partial charge < -0.3 is 74.9 Å². The van der Waals surface area contributed by atoms with Crippen molar-refractivity contribution in [3.05, 3.63) is 258 Å². The Labute approximate surface area is 636 Å². The maximum atomic E-state index is 14.5. The molecule has 0 saturated heterocycles. The van der Waals surface area contributed by atoms with Gasteiger partial charge in [-0.05, 0) is 214 Å². The molecule has 0 radical (unpaired) electrons. The molecule has 10 aromatic rings. The van der Waals surface area contributed by atoms with Crippen molar-refractivity contribution in [1.82, 2.24) is 19.8 Å². The van der Waals surface area contributed by atoms with Crippen LogP contribution >= 0.6 is 0 Å². The van der Waals surface area contributed by atoms with Gasteiger partial charge in [0.2, 0.25) is 6.79 Å². The first-order valence-corrected chi connectivity index (χ1v) is 36.9. The first kappa shape index (κ1) is 82.3. The largest absolute Gasteiger partial charge is 0.481 e. The van der Waals surface area contributed by atoms with Crippen LogP contribution in [0, 0.1) is 11.6 Å². The summed E-state index contributed by atoms with van der Waals surface area (Å²) in [7, 11) is 3.87. The van der Waals surface area contributed by atoms with Crippen molar-refractivity contribution < 1.29 is 72.4 Å². The van der Waals surface area contributed by atoms with Crippen LogP contribution < -0.4 is 35.5 Å². The van der Waals surface area contributed by atoms with Crippen molar-refractivity contribution in [3.63, 3.8) is 0 Å².